The number of nitrogens with zero attached hydrogens (tertiary/aromatic N) is 7. The number of likely N-dealkylation sites (tertiary alicyclic amines) is 1. The van der Waals surface area contributed by atoms with Crippen molar-refractivity contribution in [3.05, 3.63) is 36.8 Å². The summed E-state index contributed by atoms with van der Waals surface area (Å²) in [5.74, 6) is 1.46. The number of nitrogens with one attached hydrogen (secondary N) is 1. The number of carbonyl (C=O) groups is 2. The van der Waals surface area contributed by atoms with Gasteiger partial charge in [-0.15, -0.1) is 0 Å². The molecular weight excluding hydrogens is 488 g/mol. The molecular formula is C26H32N8O4. The highest BCUT2D eigenvalue weighted by Crippen LogP contribution is 2.35. The molecule has 3 fully saturated rings. The molecule has 1 aliphatic carbocycles. The first kappa shape index (κ1) is 24.4. The van der Waals surface area contributed by atoms with Crippen LogP contribution in [-0.4, -0.2) is 106 Å². The molecule has 12 nitrogen and oxygen atoms in total. The van der Waals surface area contributed by atoms with Gasteiger partial charge >= 0.3 is 6.09 Å². The third-order valence-corrected chi connectivity index (χ3v) is 7.16. The molecule has 200 valence electrons. The van der Waals surface area contributed by atoms with Crippen LogP contribution in [0.5, 0.6) is 5.88 Å². The molecule has 2 aliphatic heterocycles. The lowest BCUT2D eigenvalue weighted by atomic mass is 10.1. The van der Waals surface area contributed by atoms with Crippen LogP contribution in [0.4, 0.5) is 10.6 Å². The molecule has 38 heavy (non-hydrogen) atoms. The number of hydrogen-bond acceptors (Lipinski definition) is 9. The molecule has 3 aliphatic rings. The Morgan fingerprint density at radius 3 is 2.76 bits per heavy atom. The highest BCUT2D eigenvalue weighted by atomic mass is 16.6. The van der Waals surface area contributed by atoms with E-state index < -0.39 is 6.10 Å². The van der Waals surface area contributed by atoms with E-state index in [4.69, 9.17) is 14.5 Å². The lowest BCUT2D eigenvalue weighted by Crippen LogP contribution is -2.49. The third-order valence-electron chi connectivity index (χ3n) is 7.16. The molecule has 0 radical (unpaired) electrons. The molecule has 2 amide bonds. The SMILES string of the molecule is CNCCN1C[C@@H](OC(=O)N2CCN(c3ccn4ncc(-c5cccnc5OC5CC5)c4n3)CC2)CC1=O. The normalized spacial score (nSPS) is 19.9. The summed E-state index contributed by atoms with van der Waals surface area (Å²) < 4.78 is 13.4. The molecule has 6 rings (SSSR count). The van der Waals surface area contributed by atoms with E-state index in [1.165, 1.54) is 0 Å². The Balaban J connectivity index is 1.10. The highest BCUT2D eigenvalue weighted by Gasteiger charge is 2.34. The zero-order valence-electron chi connectivity index (χ0n) is 21.5. The number of hydrogen-bond donors (Lipinski definition) is 1. The van der Waals surface area contributed by atoms with Gasteiger partial charge in [-0.1, -0.05) is 0 Å². The number of rotatable bonds is 8. The first-order valence-corrected chi connectivity index (χ1v) is 13.2. The monoisotopic (exact) mass is 520 g/mol. The number of piperazine rings is 1. The van der Waals surface area contributed by atoms with Crippen molar-refractivity contribution in [1.29, 1.82) is 0 Å². The second-order valence-corrected chi connectivity index (χ2v) is 9.91. The Bertz CT molecular complexity index is 1320. The first-order valence-electron chi connectivity index (χ1n) is 13.2. The van der Waals surface area contributed by atoms with E-state index in [-0.39, 0.29) is 24.5 Å². The van der Waals surface area contributed by atoms with Crippen molar-refractivity contribution < 1.29 is 19.1 Å². The lowest BCUT2D eigenvalue weighted by molar-refractivity contribution is -0.127. The molecule has 3 aromatic heterocycles. The van der Waals surface area contributed by atoms with E-state index in [1.54, 1.807) is 26.7 Å². The van der Waals surface area contributed by atoms with Crippen molar-refractivity contribution in [2.24, 2.45) is 0 Å². The molecule has 5 heterocycles. The number of amides is 2. The molecule has 3 aromatic rings. The van der Waals surface area contributed by atoms with Gasteiger partial charge in [-0.25, -0.2) is 19.3 Å². The summed E-state index contributed by atoms with van der Waals surface area (Å²) >= 11 is 0. The van der Waals surface area contributed by atoms with Crippen molar-refractivity contribution in [3.63, 3.8) is 0 Å². The highest BCUT2D eigenvalue weighted by molar-refractivity contribution is 5.81. The van der Waals surface area contributed by atoms with Gasteiger partial charge in [0.05, 0.1) is 24.7 Å². The van der Waals surface area contributed by atoms with Crippen molar-refractivity contribution in [2.75, 3.05) is 57.8 Å². The maximum atomic E-state index is 12.8. The summed E-state index contributed by atoms with van der Waals surface area (Å²) in [5.41, 5.74) is 2.47. The summed E-state index contributed by atoms with van der Waals surface area (Å²) in [5, 5.41) is 7.52. The first-order chi connectivity index (χ1) is 18.6. The fraction of sp³-hybridized carbons (Fsp3) is 0.500. The van der Waals surface area contributed by atoms with Crippen molar-refractivity contribution in [3.8, 4) is 17.0 Å². The predicted molar refractivity (Wildman–Crippen MR) is 139 cm³/mol. The van der Waals surface area contributed by atoms with Gasteiger partial charge in [0.15, 0.2) is 5.65 Å². The van der Waals surface area contributed by atoms with E-state index in [0.29, 0.717) is 51.7 Å². The maximum absolute atomic E-state index is 12.8. The van der Waals surface area contributed by atoms with E-state index in [2.05, 4.69) is 20.3 Å². The number of carbonyl (C=O) groups excluding carboxylic acids is 2. The van der Waals surface area contributed by atoms with Gasteiger partial charge in [0.25, 0.3) is 0 Å². The average Bonchev–Trinajstić information content (AvgIpc) is 3.55. The molecule has 1 N–H and O–H groups in total. The van der Waals surface area contributed by atoms with Crippen LogP contribution >= 0.6 is 0 Å². The molecule has 0 unspecified atom stereocenters. The standard InChI is InChI=1S/C26H32N8O4/c1-27-8-10-33-17-19(15-23(33)35)38-26(36)32-13-11-31(12-14-32)22-6-9-34-24(30-22)21(16-29-34)20-3-2-7-28-25(20)37-18-4-5-18/h2-3,6-7,9,16,18-19,27H,4-5,8,10-15,17H2,1H3/t19-/m0/s1. The van der Waals surface area contributed by atoms with Crippen LogP contribution in [0.3, 0.4) is 0 Å². The Hall–Kier alpha value is -3.93. The van der Waals surface area contributed by atoms with E-state index in [0.717, 1.165) is 35.4 Å². The fourth-order valence-corrected chi connectivity index (χ4v) is 4.87. The maximum Gasteiger partial charge on any atom is 0.410 e. The Kier molecular flexibility index (Phi) is 6.71. The van der Waals surface area contributed by atoms with E-state index >= 15 is 0 Å². The van der Waals surface area contributed by atoms with Gasteiger partial charge in [-0.3, -0.25) is 4.79 Å². The number of fused-ring (bicyclic) bond motifs is 1. The Morgan fingerprint density at radius 2 is 1.97 bits per heavy atom. The van der Waals surface area contributed by atoms with Crippen LogP contribution < -0.4 is 15.0 Å². The average molecular weight is 521 g/mol. The number of pyridine rings is 1. The number of likely N-dealkylation sites (N-methyl/N-ethyl adjacent to an activating group) is 1. The second kappa shape index (κ2) is 10.4. The molecule has 0 bridgehead atoms. The van der Waals surface area contributed by atoms with Crippen molar-refractivity contribution in [2.45, 2.75) is 31.5 Å². The van der Waals surface area contributed by atoms with E-state index in [1.807, 2.05) is 31.4 Å². The van der Waals surface area contributed by atoms with Crippen LogP contribution in [-0.2, 0) is 9.53 Å². The zero-order valence-corrected chi connectivity index (χ0v) is 21.5. The van der Waals surface area contributed by atoms with Crippen LogP contribution in [0.25, 0.3) is 16.8 Å². The quantitative estimate of drug-likeness (QED) is 0.470. The van der Waals surface area contributed by atoms with Gasteiger partial charge < -0.3 is 29.5 Å². The van der Waals surface area contributed by atoms with Gasteiger partial charge in [0.2, 0.25) is 11.8 Å². The minimum atomic E-state index is -0.393. The smallest absolute Gasteiger partial charge is 0.410 e. The minimum Gasteiger partial charge on any atom is -0.474 e. The number of aromatic nitrogens is 4. The molecule has 0 spiro atoms. The van der Waals surface area contributed by atoms with Gasteiger partial charge in [-0.2, -0.15) is 5.10 Å². The topological polar surface area (TPSA) is 117 Å². The minimum absolute atomic E-state index is 0.0288. The molecule has 0 aromatic carbocycles. The Morgan fingerprint density at radius 1 is 1.13 bits per heavy atom. The largest absolute Gasteiger partial charge is 0.474 e. The summed E-state index contributed by atoms with van der Waals surface area (Å²) in [6.45, 7) is 4.08. The fourth-order valence-electron chi connectivity index (χ4n) is 4.87. The van der Waals surface area contributed by atoms with Crippen LogP contribution in [0.1, 0.15) is 19.3 Å². The summed E-state index contributed by atoms with van der Waals surface area (Å²) in [7, 11) is 1.85. The summed E-state index contributed by atoms with van der Waals surface area (Å²) in [4.78, 5) is 39.9. The lowest BCUT2D eigenvalue weighted by Gasteiger charge is -2.35. The number of ether oxygens (including phenoxy) is 2. The summed E-state index contributed by atoms with van der Waals surface area (Å²) in [6.07, 6.45) is 7.28. The van der Waals surface area contributed by atoms with Crippen LogP contribution in [0.2, 0.25) is 0 Å². The summed E-state index contributed by atoms with van der Waals surface area (Å²) in [6, 6.07) is 5.81. The van der Waals surface area contributed by atoms with Crippen LogP contribution in [0, 0.1) is 0 Å². The van der Waals surface area contributed by atoms with Gasteiger partial charge in [-0.05, 0) is 38.1 Å². The molecule has 1 atom stereocenters. The Labute approximate surface area is 220 Å². The van der Waals surface area contributed by atoms with Crippen molar-refractivity contribution >= 4 is 23.5 Å². The van der Waals surface area contributed by atoms with Gasteiger partial charge in [0, 0.05) is 57.2 Å². The van der Waals surface area contributed by atoms with Crippen molar-refractivity contribution in [1.82, 2.24) is 34.7 Å². The molecule has 1 saturated carbocycles. The van der Waals surface area contributed by atoms with Crippen LogP contribution in [0.15, 0.2) is 36.8 Å². The van der Waals surface area contributed by atoms with Gasteiger partial charge in [0.1, 0.15) is 18.0 Å². The molecule has 2 saturated heterocycles. The molecule has 12 heteroatoms. The predicted octanol–water partition coefficient (Wildman–Crippen LogP) is 1.41. The second-order valence-electron chi connectivity index (χ2n) is 9.91. The number of anilines is 1. The third kappa shape index (κ3) is 5.08. The van der Waals surface area contributed by atoms with E-state index in [9.17, 15) is 9.59 Å². The zero-order chi connectivity index (χ0) is 26.1.